The molecule has 0 aromatic carbocycles. The average molecular weight is 299 g/mol. The topological polar surface area (TPSA) is 45.5 Å². The maximum atomic E-state index is 12.3. The Morgan fingerprint density at radius 3 is 2.60 bits per heavy atom. The number of carbonyl (C=O) groups excluding carboxylic acids is 1. The van der Waals surface area contributed by atoms with Crippen LogP contribution in [-0.2, 0) is 0 Å². The zero-order chi connectivity index (χ0) is 13.2. The molecule has 1 N–H and O–H groups in total. The third-order valence-corrected chi connectivity index (χ3v) is 4.26. The zero-order valence-electron chi connectivity index (χ0n) is 11.9. The maximum absolute atomic E-state index is 12.3. The summed E-state index contributed by atoms with van der Waals surface area (Å²) in [7, 11) is 0. The van der Waals surface area contributed by atoms with Gasteiger partial charge in [-0.15, -0.1) is 12.4 Å². The molecule has 2 fully saturated rings. The summed E-state index contributed by atoms with van der Waals surface area (Å²) in [4.78, 5) is 14.3. The van der Waals surface area contributed by atoms with Crippen molar-refractivity contribution in [1.82, 2.24) is 10.2 Å². The maximum Gasteiger partial charge on any atom is 0.257 e. The molecule has 0 atom stereocenters. The lowest BCUT2D eigenvalue weighted by molar-refractivity contribution is 0.0703. The lowest BCUT2D eigenvalue weighted by Crippen LogP contribution is -2.45. The van der Waals surface area contributed by atoms with Gasteiger partial charge in [0.15, 0.2) is 0 Å². The van der Waals surface area contributed by atoms with Crippen molar-refractivity contribution >= 4 is 18.3 Å². The van der Waals surface area contributed by atoms with Gasteiger partial charge in [0.05, 0.1) is 11.8 Å². The first-order valence-corrected chi connectivity index (χ1v) is 7.31. The zero-order valence-corrected chi connectivity index (χ0v) is 12.7. The van der Waals surface area contributed by atoms with Crippen molar-refractivity contribution in [2.24, 2.45) is 5.92 Å². The van der Waals surface area contributed by atoms with Crippen LogP contribution in [0.3, 0.4) is 0 Å². The highest BCUT2D eigenvalue weighted by molar-refractivity contribution is 5.95. The van der Waals surface area contributed by atoms with Crippen molar-refractivity contribution in [3.05, 3.63) is 23.7 Å². The van der Waals surface area contributed by atoms with E-state index in [1.807, 2.05) is 11.8 Å². The molecule has 1 amide bonds. The van der Waals surface area contributed by atoms with Gasteiger partial charge in [-0.3, -0.25) is 4.79 Å². The first-order chi connectivity index (χ1) is 9.24. The minimum Gasteiger partial charge on any atom is -0.469 e. The highest BCUT2D eigenvalue weighted by atomic mass is 35.5. The van der Waals surface area contributed by atoms with Gasteiger partial charge in [-0.05, 0) is 51.1 Å². The standard InChI is InChI=1S/C15H22N2O2.ClH/c1-11-14(6-9-19-11)15(18)17-7-4-13(5-8-17)16-10-12-2-3-12;/h6,9,12-13,16H,2-5,7-8,10H2,1H3;1H. The second-order valence-electron chi connectivity index (χ2n) is 5.81. The molecule has 1 aliphatic heterocycles. The summed E-state index contributed by atoms with van der Waals surface area (Å²) in [6, 6.07) is 2.37. The summed E-state index contributed by atoms with van der Waals surface area (Å²) in [5.41, 5.74) is 0.712. The molecule has 20 heavy (non-hydrogen) atoms. The van der Waals surface area contributed by atoms with Crippen LogP contribution in [0.5, 0.6) is 0 Å². The molecule has 2 aliphatic rings. The fraction of sp³-hybridized carbons (Fsp3) is 0.667. The molecule has 2 heterocycles. The van der Waals surface area contributed by atoms with Crippen LogP contribution < -0.4 is 5.32 Å². The molecule has 4 nitrogen and oxygen atoms in total. The second-order valence-corrected chi connectivity index (χ2v) is 5.81. The number of hydrogen-bond acceptors (Lipinski definition) is 3. The molecule has 1 saturated carbocycles. The van der Waals surface area contributed by atoms with Crippen LogP contribution in [0.15, 0.2) is 16.7 Å². The average Bonchev–Trinajstić information content (AvgIpc) is 3.17. The van der Waals surface area contributed by atoms with Crippen molar-refractivity contribution in [1.29, 1.82) is 0 Å². The van der Waals surface area contributed by atoms with Gasteiger partial charge >= 0.3 is 0 Å². The van der Waals surface area contributed by atoms with E-state index in [9.17, 15) is 4.79 Å². The summed E-state index contributed by atoms with van der Waals surface area (Å²) >= 11 is 0. The summed E-state index contributed by atoms with van der Waals surface area (Å²) in [6.07, 6.45) is 6.51. The van der Waals surface area contributed by atoms with Gasteiger partial charge in [-0.25, -0.2) is 0 Å². The molecular weight excluding hydrogens is 276 g/mol. The predicted molar refractivity (Wildman–Crippen MR) is 80.3 cm³/mol. The summed E-state index contributed by atoms with van der Waals surface area (Å²) in [5.74, 6) is 1.76. The Morgan fingerprint density at radius 2 is 2.05 bits per heavy atom. The molecule has 1 aromatic rings. The molecule has 1 aliphatic carbocycles. The van der Waals surface area contributed by atoms with E-state index in [-0.39, 0.29) is 18.3 Å². The molecule has 0 bridgehead atoms. The highest BCUT2D eigenvalue weighted by Gasteiger charge is 2.27. The van der Waals surface area contributed by atoms with E-state index in [1.54, 1.807) is 12.3 Å². The quantitative estimate of drug-likeness (QED) is 0.929. The number of rotatable bonds is 4. The molecule has 112 valence electrons. The van der Waals surface area contributed by atoms with Gasteiger partial charge in [0.1, 0.15) is 5.76 Å². The normalized spacial score (nSPS) is 19.8. The number of furan rings is 1. The summed E-state index contributed by atoms with van der Waals surface area (Å²) < 4.78 is 5.21. The lowest BCUT2D eigenvalue weighted by atomic mass is 10.0. The molecular formula is C15H23ClN2O2. The number of aryl methyl sites for hydroxylation is 1. The van der Waals surface area contributed by atoms with Crippen LogP contribution in [0.4, 0.5) is 0 Å². The summed E-state index contributed by atoms with van der Waals surface area (Å²) in [5, 5.41) is 3.63. The Labute approximate surface area is 126 Å². The number of nitrogens with one attached hydrogen (secondary N) is 1. The first kappa shape index (κ1) is 15.4. The van der Waals surface area contributed by atoms with E-state index in [1.165, 1.54) is 19.4 Å². The fourth-order valence-electron chi connectivity index (χ4n) is 2.72. The molecule has 1 saturated heterocycles. The second kappa shape index (κ2) is 6.64. The lowest BCUT2D eigenvalue weighted by Gasteiger charge is -2.32. The van der Waals surface area contributed by atoms with Gasteiger partial charge in [-0.1, -0.05) is 0 Å². The van der Waals surface area contributed by atoms with Crippen molar-refractivity contribution < 1.29 is 9.21 Å². The van der Waals surface area contributed by atoms with E-state index < -0.39 is 0 Å². The van der Waals surface area contributed by atoms with Gasteiger partial charge in [0, 0.05) is 19.1 Å². The van der Waals surface area contributed by atoms with E-state index in [0.717, 1.165) is 37.6 Å². The van der Waals surface area contributed by atoms with Crippen LogP contribution in [0.2, 0.25) is 0 Å². The predicted octanol–water partition coefficient (Wildman–Crippen LogP) is 2.61. The van der Waals surface area contributed by atoms with E-state index in [4.69, 9.17) is 4.42 Å². The minimum atomic E-state index is 0. The van der Waals surface area contributed by atoms with Crippen LogP contribution in [0, 0.1) is 12.8 Å². The molecule has 5 heteroatoms. The Bertz CT molecular complexity index is 448. The van der Waals surface area contributed by atoms with Crippen LogP contribution in [-0.4, -0.2) is 36.5 Å². The number of hydrogen-bond donors (Lipinski definition) is 1. The Kier molecular flexibility index (Phi) is 5.11. The van der Waals surface area contributed by atoms with Crippen LogP contribution in [0.1, 0.15) is 41.8 Å². The Hall–Kier alpha value is -1.00. The number of carbonyl (C=O) groups is 1. The van der Waals surface area contributed by atoms with Gasteiger partial charge in [-0.2, -0.15) is 0 Å². The fourth-order valence-corrected chi connectivity index (χ4v) is 2.72. The van der Waals surface area contributed by atoms with Crippen molar-refractivity contribution in [2.45, 2.75) is 38.6 Å². The Balaban J connectivity index is 0.00000147. The van der Waals surface area contributed by atoms with Gasteiger partial charge in [0.25, 0.3) is 5.91 Å². The third kappa shape index (κ3) is 3.55. The molecule has 0 radical (unpaired) electrons. The Morgan fingerprint density at radius 1 is 1.35 bits per heavy atom. The van der Waals surface area contributed by atoms with Gasteiger partial charge < -0.3 is 14.6 Å². The molecule has 0 unspecified atom stereocenters. The highest BCUT2D eigenvalue weighted by Crippen LogP contribution is 2.28. The van der Waals surface area contributed by atoms with Crippen molar-refractivity contribution in [3.63, 3.8) is 0 Å². The van der Waals surface area contributed by atoms with Crippen molar-refractivity contribution in [2.75, 3.05) is 19.6 Å². The number of halogens is 1. The number of likely N-dealkylation sites (tertiary alicyclic amines) is 1. The van der Waals surface area contributed by atoms with Crippen LogP contribution in [0.25, 0.3) is 0 Å². The number of piperidine rings is 1. The number of nitrogens with zero attached hydrogens (tertiary/aromatic N) is 1. The van der Waals surface area contributed by atoms with Crippen LogP contribution >= 0.6 is 12.4 Å². The molecule has 0 spiro atoms. The van der Waals surface area contributed by atoms with E-state index in [2.05, 4.69) is 5.32 Å². The van der Waals surface area contributed by atoms with Gasteiger partial charge in [0.2, 0.25) is 0 Å². The smallest absolute Gasteiger partial charge is 0.257 e. The van der Waals surface area contributed by atoms with E-state index >= 15 is 0 Å². The molecule has 1 aromatic heterocycles. The number of amides is 1. The largest absolute Gasteiger partial charge is 0.469 e. The SMILES string of the molecule is Cc1occc1C(=O)N1CCC(NCC2CC2)CC1.Cl. The monoisotopic (exact) mass is 298 g/mol. The summed E-state index contributed by atoms with van der Waals surface area (Å²) in [6.45, 7) is 4.72. The van der Waals surface area contributed by atoms with E-state index in [0.29, 0.717) is 11.6 Å². The third-order valence-electron chi connectivity index (χ3n) is 4.26. The minimum absolute atomic E-state index is 0. The first-order valence-electron chi connectivity index (χ1n) is 7.31. The molecule has 3 rings (SSSR count). The van der Waals surface area contributed by atoms with Crippen molar-refractivity contribution in [3.8, 4) is 0 Å².